The Hall–Kier alpha value is -1.52. The van der Waals surface area contributed by atoms with Crippen LogP contribution < -0.4 is 0 Å². The topological polar surface area (TPSA) is 9.23 Å². The van der Waals surface area contributed by atoms with Crippen molar-refractivity contribution in [1.82, 2.24) is 0 Å². The summed E-state index contributed by atoms with van der Waals surface area (Å²) in [5.41, 5.74) is -0.689. The van der Waals surface area contributed by atoms with E-state index < -0.39 is 47.8 Å². The van der Waals surface area contributed by atoms with Gasteiger partial charge in [-0.25, -0.2) is 4.39 Å². The maximum atomic E-state index is 13.5. The normalized spacial score (nSPS) is 15.5. The van der Waals surface area contributed by atoms with Crippen molar-refractivity contribution in [3.63, 3.8) is 0 Å². The maximum Gasteiger partial charge on any atom is 0.460 e. The van der Waals surface area contributed by atoms with Gasteiger partial charge in [-0.3, -0.25) is 0 Å². The molecule has 0 heterocycles. The van der Waals surface area contributed by atoms with Crippen molar-refractivity contribution in [1.29, 1.82) is 0 Å². The molecule has 0 saturated carbocycles. The first-order chi connectivity index (χ1) is 10.7. The van der Waals surface area contributed by atoms with Gasteiger partial charge in [-0.1, -0.05) is 18.2 Å². The fourth-order valence-electron chi connectivity index (χ4n) is 1.83. The van der Waals surface area contributed by atoms with Crippen molar-refractivity contribution in [2.75, 3.05) is 7.11 Å². The minimum Gasteiger partial charge on any atom is -0.376 e. The fourth-order valence-corrected chi connectivity index (χ4v) is 1.83. The van der Waals surface area contributed by atoms with E-state index in [1.165, 1.54) is 0 Å². The molecule has 1 unspecified atom stereocenters. The number of halogens is 10. The molecule has 11 heteroatoms. The standard InChI is InChI=1S/C13H10F10O/c1-24-9(7-4-2-3-5-8(7)14)6-10(15,16)11(17,18)12(19,20)13(21,22)23/h2-5,9H,6H2,1H3. The molecule has 1 nitrogen and oxygen atoms in total. The Kier molecular flexibility index (Phi) is 5.48. The Morgan fingerprint density at radius 2 is 1.38 bits per heavy atom. The van der Waals surface area contributed by atoms with Crippen LogP contribution in [0.5, 0.6) is 0 Å². The van der Waals surface area contributed by atoms with Crippen molar-refractivity contribution in [2.24, 2.45) is 0 Å². The summed E-state index contributed by atoms with van der Waals surface area (Å²) in [6.45, 7) is 0. The van der Waals surface area contributed by atoms with E-state index in [4.69, 9.17) is 0 Å². The molecule has 1 rings (SSSR count). The van der Waals surface area contributed by atoms with Crippen molar-refractivity contribution >= 4 is 0 Å². The molecule has 24 heavy (non-hydrogen) atoms. The molecule has 0 amide bonds. The molecular weight excluding hydrogens is 362 g/mol. The third kappa shape index (κ3) is 3.45. The second-order valence-electron chi connectivity index (χ2n) is 4.80. The van der Waals surface area contributed by atoms with Gasteiger partial charge in [0, 0.05) is 19.1 Å². The van der Waals surface area contributed by atoms with Crippen LogP contribution >= 0.6 is 0 Å². The van der Waals surface area contributed by atoms with Crippen LogP contribution in [0.15, 0.2) is 24.3 Å². The largest absolute Gasteiger partial charge is 0.460 e. The molecule has 0 saturated heterocycles. The average molecular weight is 372 g/mol. The minimum absolute atomic E-state index is 0.688. The molecule has 0 aliphatic rings. The zero-order valence-corrected chi connectivity index (χ0v) is 11.8. The van der Waals surface area contributed by atoms with Gasteiger partial charge in [-0.05, 0) is 6.07 Å². The zero-order chi connectivity index (χ0) is 19.0. The number of ether oxygens (including phenoxy) is 1. The third-order valence-electron chi connectivity index (χ3n) is 3.19. The minimum atomic E-state index is -6.99. The van der Waals surface area contributed by atoms with Crippen LogP contribution in [0.2, 0.25) is 0 Å². The van der Waals surface area contributed by atoms with E-state index in [1.54, 1.807) is 0 Å². The molecule has 0 N–H and O–H groups in total. The molecule has 0 bridgehead atoms. The van der Waals surface area contributed by atoms with Crippen LogP contribution in [0, 0.1) is 5.82 Å². The molecule has 0 aromatic heterocycles. The smallest absolute Gasteiger partial charge is 0.376 e. The highest BCUT2D eigenvalue weighted by Crippen LogP contribution is 2.55. The van der Waals surface area contributed by atoms with Crippen molar-refractivity contribution in [3.8, 4) is 0 Å². The Labute approximate surface area is 129 Å². The highest BCUT2D eigenvalue weighted by atomic mass is 19.4. The monoisotopic (exact) mass is 372 g/mol. The van der Waals surface area contributed by atoms with E-state index in [9.17, 15) is 43.9 Å². The van der Waals surface area contributed by atoms with Gasteiger partial charge in [-0.15, -0.1) is 0 Å². The van der Waals surface area contributed by atoms with E-state index in [0.29, 0.717) is 7.11 Å². The van der Waals surface area contributed by atoms with Gasteiger partial charge in [0.1, 0.15) is 5.82 Å². The molecule has 1 atom stereocenters. The van der Waals surface area contributed by atoms with E-state index in [2.05, 4.69) is 4.74 Å². The summed E-state index contributed by atoms with van der Waals surface area (Å²) >= 11 is 0. The number of rotatable bonds is 6. The van der Waals surface area contributed by atoms with Crippen LogP contribution in [0.4, 0.5) is 43.9 Å². The highest BCUT2D eigenvalue weighted by molar-refractivity contribution is 5.21. The Balaban J connectivity index is 3.21. The number of benzene rings is 1. The van der Waals surface area contributed by atoms with Crippen LogP contribution in [0.25, 0.3) is 0 Å². The van der Waals surface area contributed by atoms with Crippen LogP contribution in [0.1, 0.15) is 18.1 Å². The first-order valence-electron chi connectivity index (χ1n) is 6.16. The quantitative estimate of drug-likeness (QED) is 0.610. The fraction of sp³-hybridized carbons (Fsp3) is 0.538. The summed E-state index contributed by atoms with van der Waals surface area (Å²) < 4.78 is 133. The van der Waals surface area contributed by atoms with Gasteiger partial charge in [0.15, 0.2) is 0 Å². The van der Waals surface area contributed by atoms with Gasteiger partial charge in [-0.2, -0.15) is 39.5 Å². The van der Waals surface area contributed by atoms with Crippen LogP contribution in [-0.4, -0.2) is 31.1 Å². The average Bonchev–Trinajstić information content (AvgIpc) is 2.44. The Morgan fingerprint density at radius 1 is 0.875 bits per heavy atom. The van der Waals surface area contributed by atoms with Crippen LogP contribution in [-0.2, 0) is 4.74 Å². The molecular formula is C13H10F10O. The third-order valence-corrected chi connectivity index (χ3v) is 3.19. The van der Waals surface area contributed by atoms with Gasteiger partial charge in [0.2, 0.25) is 0 Å². The van der Waals surface area contributed by atoms with E-state index >= 15 is 0 Å². The number of hydrogen-bond acceptors (Lipinski definition) is 1. The zero-order valence-electron chi connectivity index (χ0n) is 11.8. The van der Waals surface area contributed by atoms with Crippen LogP contribution in [0.3, 0.4) is 0 Å². The maximum absolute atomic E-state index is 13.5. The second kappa shape index (κ2) is 6.41. The van der Waals surface area contributed by atoms with Gasteiger partial charge >= 0.3 is 23.9 Å². The summed E-state index contributed by atoms with van der Waals surface area (Å²) in [7, 11) is 0.688. The van der Waals surface area contributed by atoms with E-state index in [1.807, 2.05) is 0 Å². The lowest BCUT2D eigenvalue weighted by Crippen LogP contribution is -2.61. The first kappa shape index (κ1) is 20.5. The molecule has 0 aliphatic heterocycles. The highest BCUT2D eigenvalue weighted by Gasteiger charge is 2.81. The number of methoxy groups -OCH3 is 1. The van der Waals surface area contributed by atoms with E-state index in [0.717, 1.165) is 24.3 Å². The molecule has 0 spiro atoms. The van der Waals surface area contributed by atoms with Crippen molar-refractivity contribution in [2.45, 2.75) is 36.5 Å². The van der Waals surface area contributed by atoms with Gasteiger partial charge in [0.25, 0.3) is 0 Å². The summed E-state index contributed by atoms with van der Waals surface area (Å²) in [5, 5.41) is 0. The molecule has 0 fully saturated rings. The summed E-state index contributed by atoms with van der Waals surface area (Å²) in [6.07, 6.45) is -11.4. The molecule has 138 valence electrons. The van der Waals surface area contributed by atoms with Gasteiger partial charge in [0.05, 0.1) is 6.10 Å². The number of alkyl halides is 9. The number of hydrogen-bond donors (Lipinski definition) is 0. The molecule has 1 aromatic rings. The first-order valence-corrected chi connectivity index (χ1v) is 6.16. The lowest BCUT2D eigenvalue weighted by Gasteiger charge is -2.35. The predicted octanol–water partition coefficient (Wildman–Crippen LogP) is 5.37. The molecule has 1 aromatic carbocycles. The lowest BCUT2D eigenvalue weighted by atomic mass is 9.95. The van der Waals surface area contributed by atoms with Crippen molar-refractivity contribution < 1.29 is 48.6 Å². The Morgan fingerprint density at radius 3 is 1.79 bits per heavy atom. The second-order valence-corrected chi connectivity index (χ2v) is 4.80. The summed E-state index contributed by atoms with van der Waals surface area (Å²) in [6, 6.07) is 3.84. The molecule has 0 radical (unpaired) electrons. The SMILES string of the molecule is COC(CC(F)(F)C(F)(F)C(F)(F)C(F)(F)F)c1ccccc1F. The summed E-state index contributed by atoms with van der Waals surface area (Å²) in [5.74, 6) is -20.8. The van der Waals surface area contributed by atoms with Crippen molar-refractivity contribution in [3.05, 3.63) is 35.6 Å². The molecule has 0 aliphatic carbocycles. The van der Waals surface area contributed by atoms with E-state index in [-0.39, 0.29) is 0 Å². The summed E-state index contributed by atoms with van der Waals surface area (Å²) in [4.78, 5) is 0. The van der Waals surface area contributed by atoms with Gasteiger partial charge < -0.3 is 4.74 Å². The Bertz CT molecular complexity index is 566. The predicted molar refractivity (Wildman–Crippen MR) is 61.7 cm³/mol. The lowest BCUT2D eigenvalue weighted by molar-refractivity contribution is -0.398.